The third kappa shape index (κ3) is 1.80. The highest BCUT2D eigenvalue weighted by Gasteiger charge is 2.61. The van der Waals surface area contributed by atoms with Crippen molar-refractivity contribution in [2.75, 3.05) is 0 Å². The first-order valence-electron chi connectivity index (χ1n) is 9.38. The van der Waals surface area contributed by atoms with Crippen molar-refractivity contribution in [3.63, 3.8) is 0 Å². The largest absolute Gasteiger partial charge is 0.393 e. The molecule has 0 aliphatic heterocycles. The molecule has 0 aromatic heterocycles. The summed E-state index contributed by atoms with van der Waals surface area (Å²) in [7, 11) is 0. The normalized spacial score (nSPS) is 57.6. The van der Waals surface area contributed by atoms with E-state index in [-0.39, 0.29) is 11.5 Å². The Morgan fingerprint density at radius 2 is 1.73 bits per heavy atom. The van der Waals surface area contributed by atoms with Crippen LogP contribution in [0.5, 0.6) is 0 Å². The molecule has 0 aromatic carbocycles. The number of hydrogen-bond acceptors (Lipinski definition) is 2. The Kier molecular flexibility index (Phi) is 3.18. The molecule has 22 heavy (non-hydrogen) atoms. The molecule has 2 N–H and O–H groups in total. The molecule has 0 heterocycles. The maximum atomic E-state index is 10.9. The molecule has 4 aliphatic carbocycles. The summed E-state index contributed by atoms with van der Waals surface area (Å²) < 4.78 is 0. The van der Waals surface area contributed by atoms with Crippen LogP contribution in [0.15, 0.2) is 11.6 Å². The van der Waals surface area contributed by atoms with E-state index in [1.165, 1.54) is 25.7 Å². The molecular weight excluding hydrogens is 272 g/mol. The standard InChI is InChI=1S/C20H32O2/c1-18-9-6-14(21)12-13(18)4-5-15-16(18)7-10-19(2)17(15)8-11-20(19,3)22/h4,14-17,21-22H,5-12H2,1-3H3/t14-,15+,16-,17-,18-,19-,20-/m0/s1. The summed E-state index contributed by atoms with van der Waals surface area (Å²) in [6.45, 7) is 6.90. The van der Waals surface area contributed by atoms with E-state index in [2.05, 4.69) is 26.8 Å². The number of rotatable bonds is 0. The highest BCUT2D eigenvalue weighted by Crippen LogP contribution is 2.66. The predicted molar refractivity (Wildman–Crippen MR) is 88.3 cm³/mol. The molecule has 0 amide bonds. The van der Waals surface area contributed by atoms with E-state index in [9.17, 15) is 10.2 Å². The molecule has 4 rings (SSSR count). The molecule has 0 bridgehead atoms. The second kappa shape index (κ2) is 4.60. The van der Waals surface area contributed by atoms with Gasteiger partial charge in [0.05, 0.1) is 11.7 Å². The number of hydrogen-bond donors (Lipinski definition) is 2. The monoisotopic (exact) mass is 304 g/mol. The van der Waals surface area contributed by atoms with Crippen molar-refractivity contribution in [3.05, 3.63) is 11.6 Å². The lowest BCUT2D eigenvalue weighted by Gasteiger charge is -2.58. The maximum absolute atomic E-state index is 10.9. The fraction of sp³-hybridized carbons (Fsp3) is 0.900. The van der Waals surface area contributed by atoms with E-state index >= 15 is 0 Å². The van der Waals surface area contributed by atoms with Crippen LogP contribution in [-0.2, 0) is 0 Å². The van der Waals surface area contributed by atoms with Crippen LogP contribution in [0, 0.1) is 28.6 Å². The molecular formula is C20H32O2. The molecule has 0 radical (unpaired) electrons. The molecule has 2 nitrogen and oxygen atoms in total. The smallest absolute Gasteiger partial charge is 0.0675 e. The summed E-state index contributed by atoms with van der Waals surface area (Å²) in [5.41, 5.74) is 1.50. The molecule has 4 aliphatic rings. The highest BCUT2D eigenvalue weighted by atomic mass is 16.3. The van der Waals surface area contributed by atoms with E-state index < -0.39 is 5.60 Å². The summed E-state index contributed by atoms with van der Waals surface area (Å²) in [4.78, 5) is 0. The van der Waals surface area contributed by atoms with Crippen LogP contribution < -0.4 is 0 Å². The summed E-state index contributed by atoms with van der Waals surface area (Å²) in [6.07, 6.45) is 11.2. The SMILES string of the molecule is C[C@]12CC[C@H](O)CC1=CC[C@@H]1[C@@H]2CC[C@@]2(C)[C@H]1CC[C@]2(C)O. The van der Waals surface area contributed by atoms with Gasteiger partial charge < -0.3 is 10.2 Å². The summed E-state index contributed by atoms with van der Waals surface area (Å²) in [5, 5.41) is 21.0. The highest BCUT2D eigenvalue weighted by molar-refractivity contribution is 5.26. The van der Waals surface area contributed by atoms with Crippen LogP contribution in [0.2, 0.25) is 0 Å². The molecule has 0 spiro atoms. The van der Waals surface area contributed by atoms with Crippen LogP contribution in [0.1, 0.15) is 72.1 Å². The van der Waals surface area contributed by atoms with Crippen molar-refractivity contribution in [1.29, 1.82) is 0 Å². The molecule has 0 saturated heterocycles. The predicted octanol–water partition coefficient (Wildman–Crippen LogP) is 4.06. The van der Waals surface area contributed by atoms with Crippen LogP contribution in [0.4, 0.5) is 0 Å². The first-order valence-corrected chi connectivity index (χ1v) is 9.38. The average molecular weight is 304 g/mol. The van der Waals surface area contributed by atoms with Gasteiger partial charge in [-0.2, -0.15) is 0 Å². The van der Waals surface area contributed by atoms with Gasteiger partial charge in [-0.3, -0.25) is 0 Å². The zero-order valence-electron chi connectivity index (χ0n) is 14.4. The maximum Gasteiger partial charge on any atom is 0.0675 e. The zero-order chi connectivity index (χ0) is 15.8. The first kappa shape index (κ1) is 15.2. The number of aliphatic hydroxyl groups is 2. The van der Waals surface area contributed by atoms with Gasteiger partial charge in [0.15, 0.2) is 0 Å². The average Bonchev–Trinajstić information content (AvgIpc) is 2.70. The quantitative estimate of drug-likeness (QED) is 0.663. The minimum absolute atomic E-state index is 0.114. The third-order valence-electron chi connectivity index (χ3n) is 8.64. The van der Waals surface area contributed by atoms with Gasteiger partial charge in [-0.25, -0.2) is 0 Å². The van der Waals surface area contributed by atoms with Crippen molar-refractivity contribution in [1.82, 2.24) is 0 Å². The van der Waals surface area contributed by atoms with E-state index in [1.807, 2.05) is 0 Å². The van der Waals surface area contributed by atoms with Crippen molar-refractivity contribution < 1.29 is 10.2 Å². The Balaban J connectivity index is 1.69. The molecule has 0 unspecified atom stereocenters. The van der Waals surface area contributed by atoms with E-state index in [0.717, 1.165) is 37.5 Å². The summed E-state index contributed by atoms with van der Waals surface area (Å²) in [5.74, 6) is 2.20. The van der Waals surface area contributed by atoms with E-state index in [1.54, 1.807) is 5.57 Å². The van der Waals surface area contributed by atoms with Crippen LogP contribution in [0.3, 0.4) is 0 Å². The molecule has 0 aromatic rings. The second-order valence-electron chi connectivity index (χ2n) is 9.42. The lowest BCUT2D eigenvalue weighted by Crippen LogP contribution is -2.53. The molecule has 2 heteroatoms. The van der Waals surface area contributed by atoms with Crippen LogP contribution >= 0.6 is 0 Å². The lowest BCUT2D eigenvalue weighted by atomic mass is 9.47. The van der Waals surface area contributed by atoms with Gasteiger partial charge in [-0.1, -0.05) is 25.5 Å². The number of allylic oxidation sites excluding steroid dienone is 1. The number of fused-ring (bicyclic) bond motifs is 5. The Morgan fingerprint density at radius 3 is 2.50 bits per heavy atom. The fourth-order valence-electron chi connectivity index (χ4n) is 6.89. The van der Waals surface area contributed by atoms with Gasteiger partial charge >= 0.3 is 0 Å². The van der Waals surface area contributed by atoms with Gasteiger partial charge in [-0.05, 0) is 86.9 Å². The first-order chi connectivity index (χ1) is 10.3. The van der Waals surface area contributed by atoms with Gasteiger partial charge in [0.1, 0.15) is 0 Å². The molecule has 3 saturated carbocycles. The molecule has 7 atom stereocenters. The third-order valence-corrected chi connectivity index (χ3v) is 8.64. The van der Waals surface area contributed by atoms with Gasteiger partial charge in [-0.15, -0.1) is 0 Å². The molecule has 3 fully saturated rings. The Morgan fingerprint density at radius 1 is 1.00 bits per heavy atom. The van der Waals surface area contributed by atoms with Crippen molar-refractivity contribution in [3.8, 4) is 0 Å². The van der Waals surface area contributed by atoms with Gasteiger partial charge in [0.2, 0.25) is 0 Å². The second-order valence-corrected chi connectivity index (χ2v) is 9.42. The number of aliphatic hydroxyl groups excluding tert-OH is 1. The van der Waals surface area contributed by atoms with Crippen molar-refractivity contribution in [2.45, 2.75) is 83.8 Å². The van der Waals surface area contributed by atoms with Crippen LogP contribution in [-0.4, -0.2) is 21.9 Å². The van der Waals surface area contributed by atoms with Crippen molar-refractivity contribution in [2.24, 2.45) is 28.6 Å². The van der Waals surface area contributed by atoms with E-state index in [0.29, 0.717) is 11.3 Å². The minimum atomic E-state index is -0.476. The van der Waals surface area contributed by atoms with E-state index in [4.69, 9.17) is 0 Å². The Labute approximate surface area is 135 Å². The topological polar surface area (TPSA) is 40.5 Å². The van der Waals surface area contributed by atoms with Crippen LogP contribution in [0.25, 0.3) is 0 Å². The van der Waals surface area contributed by atoms with Gasteiger partial charge in [0, 0.05) is 0 Å². The minimum Gasteiger partial charge on any atom is -0.393 e. The summed E-state index contributed by atoms with van der Waals surface area (Å²) >= 11 is 0. The molecule has 124 valence electrons. The van der Waals surface area contributed by atoms with Gasteiger partial charge in [0.25, 0.3) is 0 Å². The fourth-order valence-corrected chi connectivity index (χ4v) is 6.89. The summed E-state index contributed by atoms with van der Waals surface area (Å²) in [6, 6.07) is 0. The van der Waals surface area contributed by atoms with Crippen molar-refractivity contribution >= 4 is 0 Å². The Bertz CT molecular complexity index is 508. The zero-order valence-corrected chi connectivity index (χ0v) is 14.4. The Hall–Kier alpha value is -0.340. The lowest BCUT2D eigenvalue weighted by molar-refractivity contribution is -0.115.